The minimum absolute atomic E-state index is 0.395. The van der Waals surface area contributed by atoms with E-state index in [1.165, 1.54) is 0 Å². The second-order valence-electron chi connectivity index (χ2n) is 3.43. The maximum Gasteiger partial charge on any atom is 0.152 e. The number of nitrogens with zero attached hydrogens (tertiary/aromatic N) is 5. The number of hydrogen-bond acceptors (Lipinski definition) is 5. The highest BCUT2D eigenvalue weighted by atomic mass is 15.3. The quantitative estimate of drug-likeness (QED) is 0.849. The first-order valence-corrected chi connectivity index (χ1v) is 5.30. The van der Waals surface area contributed by atoms with E-state index < -0.39 is 0 Å². The molecular weight excluding hydrogens is 216 g/mol. The molecule has 0 saturated heterocycles. The van der Waals surface area contributed by atoms with Gasteiger partial charge in [0.1, 0.15) is 18.1 Å². The fraction of sp³-hybridized carbons (Fsp3) is 0.273. The fourth-order valence-corrected chi connectivity index (χ4v) is 1.46. The van der Waals surface area contributed by atoms with Gasteiger partial charge >= 0.3 is 0 Å². The van der Waals surface area contributed by atoms with Crippen molar-refractivity contribution in [1.82, 2.24) is 19.7 Å². The lowest BCUT2D eigenvalue weighted by Crippen LogP contribution is -2.07. The van der Waals surface area contributed by atoms with Crippen molar-refractivity contribution < 1.29 is 0 Å². The molecular formula is C11H12N6. The second kappa shape index (κ2) is 5.07. The fourth-order valence-electron chi connectivity index (χ4n) is 1.46. The molecule has 0 aliphatic heterocycles. The SMILES string of the molecule is CCn1cnnc1CNc1ccnc(C#N)c1. The van der Waals surface area contributed by atoms with Crippen molar-refractivity contribution >= 4 is 5.69 Å². The van der Waals surface area contributed by atoms with E-state index in [2.05, 4.69) is 20.5 Å². The Morgan fingerprint density at radius 1 is 1.53 bits per heavy atom. The Kier molecular flexibility index (Phi) is 3.31. The predicted octanol–water partition coefficient (Wildman–Crippen LogP) is 1.18. The maximum atomic E-state index is 8.73. The van der Waals surface area contributed by atoms with Gasteiger partial charge in [-0.1, -0.05) is 0 Å². The van der Waals surface area contributed by atoms with Gasteiger partial charge in [-0.15, -0.1) is 10.2 Å². The standard InChI is InChI=1S/C11H12N6/c1-2-17-8-15-16-11(17)7-14-9-3-4-13-10(5-9)6-12/h3-5,8H,2,7H2,1H3,(H,13,14). The smallest absolute Gasteiger partial charge is 0.152 e. The van der Waals surface area contributed by atoms with E-state index in [1.807, 2.05) is 23.6 Å². The number of nitrogens with one attached hydrogen (secondary N) is 1. The van der Waals surface area contributed by atoms with Crippen molar-refractivity contribution in [2.75, 3.05) is 5.32 Å². The van der Waals surface area contributed by atoms with Crippen LogP contribution in [0.25, 0.3) is 0 Å². The van der Waals surface area contributed by atoms with Gasteiger partial charge in [0, 0.05) is 18.4 Å². The number of rotatable bonds is 4. The first-order valence-electron chi connectivity index (χ1n) is 5.30. The normalized spacial score (nSPS) is 9.88. The summed E-state index contributed by atoms with van der Waals surface area (Å²) in [5.74, 6) is 0.864. The molecule has 0 fully saturated rings. The van der Waals surface area contributed by atoms with Crippen LogP contribution in [-0.4, -0.2) is 19.7 Å². The summed E-state index contributed by atoms with van der Waals surface area (Å²) in [6, 6.07) is 5.51. The van der Waals surface area contributed by atoms with Crippen LogP contribution in [0.3, 0.4) is 0 Å². The molecule has 6 heteroatoms. The van der Waals surface area contributed by atoms with Gasteiger partial charge in [-0.25, -0.2) is 4.98 Å². The van der Waals surface area contributed by atoms with Crippen LogP contribution in [-0.2, 0) is 13.1 Å². The average Bonchev–Trinajstić information content (AvgIpc) is 2.84. The number of pyridine rings is 1. The summed E-state index contributed by atoms with van der Waals surface area (Å²) < 4.78 is 1.96. The first kappa shape index (κ1) is 11.1. The molecule has 17 heavy (non-hydrogen) atoms. The van der Waals surface area contributed by atoms with Gasteiger partial charge in [0.15, 0.2) is 5.82 Å². The monoisotopic (exact) mass is 228 g/mol. The minimum Gasteiger partial charge on any atom is -0.378 e. The van der Waals surface area contributed by atoms with Gasteiger partial charge in [0.2, 0.25) is 0 Å². The van der Waals surface area contributed by atoms with Gasteiger partial charge in [-0.2, -0.15) is 5.26 Å². The molecule has 0 aromatic carbocycles. The lowest BCUT2D eigenvalue weighted by molar-refractivity contribution is 0.708. The zero-order valence-electron chi connectivity index (χ0n) is 9.46. The Balaban J connectivity index is 2.05. The van der Waals surface area contributed by atoms with Gasteiger partial charge < -0.3 is 9.88 Å². The van der Waals surface area contributed by atoms with Crippen LogP contribution in [0.4, 0.5) is 5.69 Å². The topological polar surface area (TPSA) is 79.4 Å². The van der Waals surface area contributed by atoms with Crippen LogP contribution in [0.15, 0.2) is 24.7 Å². The van der Waals surface area contributed by atoms with E-state index in [0.29, 0.717) is 12.2 Å². The number of aromatic nitrogens is 4. The summed E-state index contributed by atoms with van der Waals surface area (Å²) in [5.41, 5.74) is 1.24. The van der Waals surface area contributed by atoms with E-state index in [4.69, 9.17) is 5.26 Å². The maximum absolute atomic E-state index is 8.73. The summed E-state index contributed by atoms with van der Waals surface area (Å²) in [7, 11) is 0. The van der Waals surface area contributed by atoms with E-state index in [9.17, 15) is 0 Å². The number of nitriles is 1. The van der Waals surface area contributed by atoms with Gasteiger partial charge in [-0.3, -0.25) is 0 Å². The summed E-state index contributed by atoms with van der Waals surface area (Å²) in [5, 5.41) is 19.8. The highest BCUT2D eigenvalue weighted by Gasteiger charge is 2.02. The number of anilines is 1. The molecule has 2 aromatic heterocycles. The van der Waals surface area contributed by atoms with Crippen LogP contribution in [0, 0.1) is 11.3 Å². The van der Waals surface area contributed by atoms with Crippen LogP contribution < -0.4 is 5.32 Å². The summed E-state index contributed by atoms with van der Waals surface area (Å²) in [6.45, 7) is 3.44. The third kappa shape index (κ3) is 2.58. The first-order chi connectivity index (χ1) is 8.33. The minimum atomic E-state index is 0.395. The molecule has 0 radical (unpaired) electrons. The van der Waals surface area contributed by atoms with E-state index in [1.54, 1.807) is 18.6 Å². The molecule has 0 unspecified atom stereocenters. The number of hydrogen-bond donors (Lipinski definition) is 1. The molecule has 0 amide bonds. The third-order valence-corrected chi connectivity index (χ3v) is 2.36. The van der Waals surface area contributed by atoms with Crippen LogP contribution in [0.5, 0.6) is 0 Å². The molecule has 2 aromatic rings. The average molecular weight is 228 g/mol. The van der Waals surface area contributed by atoms with E-state index in [0.717, 1.165) is 18.1 Å². The Labute approximate surface area is 98.9 Å². The molecule has 2 heterocycles. The predicted molar refractivity (Wildman–Crippen MR) is 62.0 cm³/mol. The Hall–Kier alpha value is -2.42. The Bertz CT molecular complexity index is 539. The van der Waals surface area contributed by atoms with Gasteiger partial charge in [-0.05, 0) is 19.1 Å². The van der Waals surface area contributed by atoms with Gasteiger partial charge in [0.25, 0.3) is 0 Å². The van der Waals surface area contributed by atoms with Crippen molar-refractivity contribution in [2.45, 2.75) is 20.0 Å². The van der Waals surface area contributed by atoms with Crippen molar-refractivity contribution in [3.8, 4) is 6.07 Å². The Morgan fingerprint density at radius 2 is 2.41 bits per heavy atom. The van der Waals surface area contributed by atoms with Crippen LogP contribution in [0.2, 0.25) is 0 Å². The van der Waals surface area contributed by atoms with Crippen molar-refractivity contribution in [2.24, 2.45) is 0 Å². The summed E-state index contributed by atoms with van der Waals surface area (Å²) in [6.07, 6.45) is 3.30. The lowest BCUT2D eigenvalue weighted by atomic mass is 10.3. The van der Waals surface area contributed by atoms with Gasteiger partial charge in [0.05, 0.1) is 6.54 Å². The molecule has 0 bridgehead atoms. The molecule has 0 spiro atoms. The third-order valence-electron chi connectivity index (χ3n) is 2.36. The van der Waals surface area contributed by atoms with Crippen LogP contribution >= 0.6 is 0 Å². The highest BCUT2D eigenvalue weighted by Crippen LogP contribution is 2.08. The molecule has 1 N–H and O–H groups in total. The van der Waals surface area contributed by atoms with E-state index in [-0.39, 0.29) is 0 Å². The molecule has 86 valence electrons. The molecule has 0 saturated carbocycles. The van der Waals surface area contributed by atoms with Crippen molar-refractivity contribution in [3.63, 3.8) is 0 Å². The van der Waals surface area contributed by atoms with E-state index >= 15 is 0 Å². The zero-order chi connectivity index (χ0) is 12.1. The molecule has 6 nitrogen and oxygen atoms in total. The van der Waals surface area contributed by atoms with Crippen LogP contribution in [0.1, 0.15) is 18.4 Å². The van der Waals surface area contributed by atoms with Crippen molar-refractivity contribution in [3.05, 3.63) is 36.2 Å². The largest absolute Gasteiger partial charge is 0.378 e. The molecule has 0 atom stereocenters. The summed E-state index contributed by atoms with van der Waals surface area (Å²) in [4.78, 5) is 3.90. The molecule has 0 aliphatic carbocycles. The Morgan fingerprint density at radius 3 is 3.18 bits per heavy atom. The highest BCUT2D eigenvalue weighted by molar-refractivity contribution is 5.45. The lowest BCUT2D eigenvalue weighted by Gasteiger charge is -2.06. The summed E-state index contributed by atoms with van der Waals surface area (Å²) >= 11 is 0. The molecule has 0 aliphatic rings. The number of aryl methyl sites for hydroxylation is 1. The molecule has 2 rings (SSSR count). The zero-order valence-corrected chi connectivity index (χ0v) is 9.46. The van der Waals surface area contributed by atoms with Crippen molar-refractivity contribution in [1.29, 1.82) is 5.26 Å². The second-order valence-corrected chi connectivity index (χ2v) is 3.43.